The summed E-state index contributed by atoms with van der Waals surface area (Å²) >= 11 is 16.1. The molecular weight excluding hydrogens is 745 g/mol. The Morgan fingerprint density at radius 3 is 2.22 bits per heavy atom. The first-order valence-corrected chi connectivity index (χ1v) is 14.0. The van der Waals surface area contributed by atoms with Crippen LogP contribution in [-0.2, 0) is 19.1 Å². The van der Waals surface area contributed by atoms with E-state index >= 15 is 0 Å². The van der Waals surface area contributed by atoms with Gasteiger partial charge in [0.05, 0.1) is 31.1 Å². The van der Waals surface area contributed by atoms with Gasteiger partial charge in [-0.2, -0.15) is 5.26 Å². The lowest BCUT2D eigenvalue weighted by Crippen LogP contribution is -2.31. The molecule has 0 saturated heterocycles. The third kappa shape index (κ3) is 6.85. The largest absolute Gasteiger partial charge is 0.506 e. The van der Waals surface area contributed by atoms with Crippen molar-refractivity contribution in [1.29, 1.82) is 5.26 Å². The first-order valence-electron chi connectivity index (χ1n) is 11.1. The highest BCUT2D eigenvalue weighted by Crippen LogP contribution is 2.37. The second-order valence-electron chi connectivity index (χ2n) is 7.93. The highest BCUT2D eigenvalue weighted by atomic mass is 127. The van der Waals surface area contributed by atoms with Gasteiger partial charge in [-0.25, -0.2) is 9.69 Å². The van der Waals surface area contributed by atoms with E-state index in [0.29, 0.717) is 53.0 Å². The average Bonchev–Trinajstić information content (AvgIpc) is 3.14. The summed E-state index contributed by atoms with van der Waals surface area (Å²) in [6, 6.07) is 10.1. The van der Waals surface area contributed by atoms with Crippen molar-refractivity contribution in [3.8, 4) is 11.8 Å². The maximum Gasteiger partial charge on any atom is 0.349 e. The quantitative estimate of drug-likeness (QED) is 0.161. The van der Waals surface area contributed by atoms with Crippen molar-refractivity contribution >= 4 is 97.9 Å². The lowest BCUT2D eigenvalue weighted by molar-refractivity contribution is -0.137. The Bertz CT molecular complexity index is 1330. The van der Waals surface area contributed by atoms with E-state index in [9.17, 15) is 19.5 Å². The molecule has 2 aromatic carbocycles. The topological polar surface area (TPSA) is 108 Å². The van der Waals surface area contributed by atoms with Crippen molar-refractivity contribution in [1.82, 2.24) is 0 Å². The number of anilines is 1. The summed E-state index contributed by atoms with van der Waals surface area (Å²) in [4.78, 5) is 38.2. The molecule has 2 aliphatic rings. The number of benzene rings is 2. The number of halogens is 4. The molecule has 1 aliphatic heterocycles. The zero-order valence-corrected chi connectivity index (χ0v) is 25.3. The fourth-order valence-corrected chi connectivity index (χ4v) is 5.89. The van der Waals surface area contributed by atoms with E-state index in [1.54, 1.807) is 37.3 Å². The van der Waals surface area contributed by atoms with Crippen LogP contribution in [0.15, 0.2) is 46.5 Å². The summed E-state index contributed by atoms with van der Waals surface area (Å²) in [5.41, 5.74) is 2.62. The maximum absolute atomic E-state index is 12.7. The summed E-state index contributed by atoms with van der Waals surface area (Å²) in [5, 5.41) is 18.0. The SMILES string of the molecule is CCOC(=O)/C(Cl)=C/c1cc(N2C(=O)C3=C(CCCC3)C2=O)ccc1Cl.N#Cc1cc(I)c(O)c(I)c1. The van der Waals surface area contributed by atoms with Gasteiger partial charge in [-0.15, -0.1) is 0 Å². The molecule has 37 heavy (non-hydrogen) atoms. The lowest BCUT2D eigenvalue weighted by atomic mass is 9.93. The fraction of sp³-hybridized carbons (Fsp3) is 0.231. The number of carbonyl (C=O) groups excluding carboxylic acids is 3. The number of rotatable bonds is 4. The molecule has 0 atom stereocenters. The molecule has 192 valence electrons. The number of amides is 2. The Morgan fingerprint density at radius 1 is 1.14 bits per heavy atom. The van der Waals surface area contributed by atoms with E-state index in [4.69, 9.17) is 33.2 Å². The second kappa shape index (κ2) is 13.1. The van der Waals surface area contributed by atoms with Crippen molar-refractivity contribution in [3.63, 3.8) is 0 Å². The molecule has 2 amide bonds. The first-order chi connectivity index (χ1) is 17.6. The molecule has 4 rings (SSSR count). The van der Waals surface area contributed by atoms with E-state index in [1.807, 2.05) is 51.3 Å². The molecule has 0 aromatic heterocycles. The highest BCUT2D eigenvalue weighted by molar-refractivity contribution is 14.1. The van der Waals surface area contributed by atoms with Crippen molar-refractivity contribution in [2.24, 2.45) is 0 Å². The van der Waals surface area contributed by atoms with Gasteiger partial charge in [0.25, 0.3) is 11.8 Å². The first kappa shape index (κ1) is 29.4. The monoisotopic (exact) mass is 764 g/mol. The number of aromatic hydroxyl groups is 1. The van der Waals surface area contributed by atoms with Crippen molar-refractivity contribution in [3.05, 3.63) is 69.8 Å². The van der Waals surface area contributed by atoms with Gasteiger partial charge >= 0.3 is 5.97 Å². The number of hydrogen-bond acceptors (Lipinski definition) is 6. The normalized spacial score (nSPS) is 15.1. The molecule has 1 N–H and O–H groups in total. The number of imide groups is 1. The molecule has 1 heterocycles. The van der Waals surface area contributed by atoms with Crippen LogP contribution in [0.5, 0.6) is 5.75 Å². The van der Waals surface area contributed by atoms with Gasteiger partial charge in [0, 0.05) is 16.2 Å². The van der Waals surface area contributed by atoms with Crippen LogP contribution in [0, 0.1) is 18.5 Å². The Labute approximate surface area is 251 Å². The van der Waals surface area contributed by atoms with Gasteiger partial charge in [-0.1, -0.05) is 23.2 Å². The van der Waals surface area contributed by atoms with Crippen LogP contribution in [0.4, 0.5) is 5.69 Å². The minimum absolute atomic E-state index is 0.137. The van der Waals surface area contributed by atoms with Crippen molar-refractivity contribution in [2.75, 3.05) is 11.5 Å². The number of carbonyl (C=O) groups is 3. The Kier molecular flexibility index (Phi) is 10.4. The molecule has 0 fully saturated rings. The smallest absolute Gasteiger partial charge is 0.349 e. The van der Waals surface area contributed by atoms with Crippen LogP contribution in [0.3, 0.4) is 0 Å². The lowest BCUT2D eigenvalue weighted by Gasteiger charge is -2.16. The van der Waals surface area contributed by atoms with Crippen LogP contribution < -0.4 is 4.90 Å². The molecular formula is C26H20Cl2I2N2O5. The summed E-state index contributed by atoms with van der Waals surface area (Å²) in [6.45, 7) is 1.87. The molecule has 7 nitrogen and oxygen atoms in total. The Hall–Kier alpha value is -2.14. The van der Waals surface area contributed by atoms with E-state index in [1.165, 1.54) is 11.0 Å². The van der Waals surface area contributed by atoms with E-state index in [2.05, 4.69) is 0 Å². The number of ether oxygens (including phenoxy) is 1. The second-order valence-corrected chi connectivity index (χ2v) is 11.1. The molecule has 0 unspecified atom stereocenters. The van der Waals surface area contributed by atoms with E-state index in [-0.39, 0.29) is 29.2 Å². The van der Waals surface area contributed by atoms with E-state index in [0.717, 1.165) is 12.8 Å². The standard InChI is InChI=1S/C19H17Cl2NO4.C7H3I2NO/c1-2-26-19(25)16(21)10-11-9-12(7-8-15(11)20)22-17(23)13-5-3-4-6-14(13)18(22)24;8-5-1-4(3-10)2-6(9)7(5)11/h7-10H,2-6H2,1H3;1-2,11H/b16-10-;. The predicted molar refractivity (Wildman–Crippen MR) is 158 cm³/mol. The predicted octanol–water partition coefficient (Wildman–Crippen LogP) is 6.70. The molecule has 1 aliphatic carbocycles. The van der Waals surface area contributed by atoms with E-state index < -0.39 is 5.97 Å². The zero-order valence-electron chi connectivity index (χ0n) is 19.5. The highest BCUT2D eigenvalue weighted by Gasteiger charge is 2.39. The average molecular weight is 765 g/mol. The summed E-state index contributed by atoms with van der Waals surface area (Å²) in [5.74, 6) is -0.969. The third-order valence-electron chi connectivity index (χ3n) is 5.53. The fourth-order valence-electron chi connectivity index (χ4n) is 3.78. The van der Waals surface area contributed by atoms with Crippen LogP contribution in [0.25, 0.3) is 6.08 Å². The van der Waals surface area contributed by atoms with Crippen molar-refractivity contribution in [2.45, 2.75) is 32.6 Å². The number of nitrogens with zero attached hydrogens (tertiary/aromatic N) is 2. The summed E-state index contributed by atoms with van der Waals surface area (Å²) in [7, 11) is 0. The number of esters is 1. The van der Waals surface area contributed by atoms with Crippen LogP contribution in [0.1, 0.15) is 43.7 Å². The van der Waals surface area contributed by atoms with Crippen LogP contribution in [0.2, 0.25) is 5.02 Å². The van der Waals surface area contributed by atoms with Gasteiger partial charge < -0.3 is 9.84 Å². The van der Waals surface area contributed by atoms with Gasteiger partial charge in [-0.05, 0) is 120 Å². The number of phenols is 1. The third-order valence-corrected chi connectivity index (χ3v) is 7.78. The molecule has 0 spiro atoms. The minimum atomic E-state index is -0.666. The molecule has 0 radical (unpaired) electrons. The van der Waals surface area contributed by atoms with Gasteiger partial charge in [0.1, 0.15) is 10.8 Å². The Balaban J connectivity index is 0.000000289. The van der Waals surface area contributed by atoms with Crippen LogP contribution >= 0.6 is 68.4 Å². The maximum atomic E-state index is 12.7. The number of hydrogen-bond donors (Lipinski definition) is 1. The van der Waals surface area contributed by atoms with Gasteiger partial charge in [-0.3, -0.25) is 9.59 Å². The molecule has 0 bridgehead atoms. The zero-order chi connectivity index (χ0) is 27.3. The van der Waals surface area contributed by atoms with Crippen molar-refractivity contribution < 1.29 is 24.2 Å². The number of phenolic OH excluding ortho intramolecular Hbond substituents is 1. The molecule has 2 aromatic rings. The van der Waals surface area contributed by atoms with Gasteiger partial charge in [0.15, 0.2) is 0 Å². The summed E-state index contributed by atoms with van der Waals surface area (Å²) < 4.78 is 6.26. The summed E-state index contributed by atoms with van der Waals surface area (Å²) in [6.07, 6.45) is 4.45. The molecule has 0 saturated carbocycles. The number of nitriles is 1. The molecule has 11 heteroatoms. The minimum Gasteiger partial charge on any atom is -0.506 e. The van der Waals surface area contributed by atoms with Gasteiger partial charge in [0.2, 0.25) is 0 Å². The Morgan fingerprint density at radius 2 is 1.70 bits per heavy atom. The van der Waals surface area contributed by atoms with Crippen LogP contribution in [-0.4, -0.2) is 29.5 Å².